The van der Waals surface area contributed by atoms with Crippen LogP contribution in [0.15, 0.2) is 47.4 Å². The molecule has 21 heavy (non-hydrogen) atoms. The maximum Gasteiger partial charge on any atom is 0.136 e. The maximum absolute atomic E-state index is 13.5. The van der Waals surface area contributed by atoms with Crippen molar-refractivity contribution in [3.63, 3.8) is 0 Å². The minimum atomic E-state index is -0.373. The van der Waals surface area contributed by atoms with Crippen LogP contribution >= 0.6 is 23.4 Å². The highest BCUT2D eigenvalue weighted by molar-refractivity contribution is 7.99. The second-order valence-corrected chi connectivity index (χ2v) is 6.01. The molecule has 3 N–H and O–H groups in total. The first-order valence-corrected chi connectivity index (χ1v) is 7.74. The molecule has 0 amide bonds. The van der Waals surface area contributed by atoms with Gasteiger partial charge in [-0.2, -0.15) is 0 Å². The molecular formula is C15H15ClF2N2S. The topological polar surface area (TPSA) is 38.0 Å². The van der Waals surface area contributed by atoms with Crippen LogP contribution in [0.1, 0.15) is 5.56 Å². The Morgan fingerprint density at radius 1 is 1.19 bits per heavy atom. The van der Waals surface area contributed by atoms with Crippen LogP contribution in [0.3, 0.4) is 0 Å². The zero-order chi connectivity index (χ0) is 15.2. The Kier molecular flexibility index (Phi) is 5.99. The van der Waals surface area contributed by atoms with Gasteiger partial charge in [-0.15, -0.1) is 11.8 Å². The van der Waals surface area contributed by atoms with Gasteiger partial charge in [-0.05, 0) is 36.2 Å². The molecule has 0 heterocycles. The minimum absolute atomic E-state index is 0.0995. The highest BCUT2D eigenvalue weighted by Crippen LogP contribution is 2.24. The van der Waals surface area contributed by atoms with Crippen molar-refractivity contribution in [1.82, 2.24) is 5.43 Å². The van der Waals surface area contributed by atoms with Gasteiger partial charge in [0.25, 0.3) is 0 Å². The molecule has 0 saturated carbocycles. The highest BCUT2D eigenvalue weighted by Gasteiger charge is 2.12. The van der Waals surface area contributed by atoms with Gasteiger partial charge in [0.1, 0.15) is 11.6 Å². The van der Waals surface area contributed by atoms with Crippen molar-refractivity contribution < 1.29 is 8.78 Å². The van der Waals surface area contributed by atoms with E-state index in [0.29, 0.717) is 22.1 Å². The van der Waals surface area contributed by atoms with Crippen molar-refractivity contribution >= 4 is 23.4 Å². The van der Waals surface area contributed by atoms with Crippen LogP contribution < -0.4 is 11.3 Å². The van der Waals surface area contributed by atoms with Crippen LogP contribution in [-0.4, -0.2) is 11.8 Å². The third-order valence-electron chi connectivity index (χ3n) is 2.99. The summed E-state index contributed by atoms with van der Waals surface area (Å²) < 4.78 is 26.6. The summed E-state index contributed by atoms with van der Waals surface area (Å²) in [6, 6.07) is 10.7. The van der Waals surface area contributed by atoms with Crippen LogP contribution in [0, 0.1) is 11.6 Å². The van der Waals surface area contributed by atoms with Gasteiger partial charge in [0.15, 0.2) is 0 Å². The molecule has 2 rings (SSSR count). The summed E-state index contributed by atoms with van der Waals surface area (Å²) in [6.45, 7) is 0. The van der Waals surface area contributed by atoms with E-state index in [1.54, 1.807) is 24.3 Å². The molecule has 2 aromatic carbocycles. The molecule has 1 atom stereocenters. The molecule has 0 aliphatic carbocycles. The number of nitrogens with one attached hydrogen (secondary N) is 1. The molecule has 0 aliphatic rings. The molecule has 0 aliphatic heterocycles. The monoisotopic (exact) mass is 328 g/mol. The second-order valence-electron chi connectivity index (χ2n) is 4.54. The summed E-state index contributed by atoms with van der Waals surface area (Å²) in [5.74, 6) is 5.48. The van der Waals surface area contributed by atoms with E-state index >= 15 is 0 Å². The lowest BCUT2D eigenvalue weighted by Gasteiger charge is -2.16. The van der Waals surface area contributed by atoms with E-state index in [-0.39, 0.29) is 17.7 Å². The molecule has 2 nitrogen and oxygen atoms in total. The van der Waals surface area contributed by atoms with Gasteiger partial charge >= 0.3 is 0 Å². The van der Waals surface area contributed by atoms with Crippen molar-refractivity contribution in [1.29, 1.82) is 0 Å². The van der Waals surface area contributed by atoms with E-state index in [1.807, 2.05) is 0 Å². The Labute approximate surface area is 131 Å². The smallest absolute Gasteiger partial charge is 0.136 e. The summed E-state index contributed by atoms with van der Waals surface area (Å²) in [5, 5.41) is 0.367. The van der Waals surface area contributed by atoms with Crippen molar-refractivity contribution in [2.45, 2.75) is 17.4 Å². The van der Waals surface area contributed by atoms with E-state index in [2.05, 4.69) is 5.43 Å². The van der Waals surface area contributed by atoms with E-state index in [9.17, 15) is 8.78 Å². The summed E-state index contributed by atoms with van der Waals surface area (Å²) in [5.41, 5.74) is 3.49. The average Bonchev–Trinajstić information content (AvgIpc) is 2.47. The Morgan fingerprint density at radius 2 is 1.95 bits per heavy atom. The lowest BCUT2D eigenvalue weighted by Crippen LogP contribution is -2.38. The number of rotatable bonds is 6. The van der Waals surface area contributed by atoms with E-state index in [4.69, 9.17) is 17.4 Å². The predicted molar refractivity (Wildman–Crippen MR) is 83.3 cm³/mol. The first-order chi connectivity index (χ1) is 10.1. The van der Waals surface area contributed by atoms with Gasteiger partial charge in [0.2, 0.25) is 0 Å². The lowest BCUT2D eigenvalue weighted by molar-refractivity contribution is 0.571. The molecule has 2 aromatic rings. The lowest BCUT2D eigenvalue weighted by atomic mass is 10.1. The molecule has 0 fully saturated rings. The molecule has 0 bridgehead atoms. The van der Waals surface area contributed by atoms with Crippen molar-refractivity contribution in [2.75, 3.05) is 5.75 Å². The molecule has 1 unspecified atom stereocenters. The number of thioether (sulfide) groups is 1. The number of nitrogens with two attached hydrogens (primary N) is 1. The number of benzene rings is 2. The molecule has 0 spiro atoms. The number of hydrogen-bond donors (Lipinski definition) is 2. The summed E-state index contributed by atoms with van der Waals surface area (Å²) in [7, 11) is 0. The summed E-state index contributed by atoms with van der Waals surface area (Å²) in [4.78, 5) is 0.572. The molecular weight excluding hydrogens is 314 g/mol. The normalized spacial score (nSPS) is 12.4. The van der Waals surface area contributed by atoms with Crippen LogP contribution in [0.2, 0.25) is 5.02 Å². The fourth-order valence-corrected chi connectivity index (χ4v) is 3.09. The Morgan fingerprint density at radius 3 is 2.62 bits per heavy atom. The first kappa shape index (κ1) is 16.2. The highest BCUT2D eigenvalue weighted by atomic mass is 35.5. The number of hydrazine groups is 1. The largest absolute Gasteiger partial charge is 0.271 e. The Balaban J connectivity index is 1.99. The van der Waals surface area contributed by atoms with Crippen LogP contribution in [-0.2, 0) is 6.42 Å². The summed E-state index contributed by atoms with van der Waals surface area (Å²) >= 11 is 7.37. The zero-order valence-corrected chi connectivity index (χ0v) is 12.7. The molecule has 0 radical (unpaired) electrons. The second kappa shape index (κ2) is 7.75. The summed E-state index contributed by atoms with van der Waals surface area (Å²) in [6.07, 6.45) is 0.539. The Bertz CT molecular complexity index is 610. The van der Waals surface area contributed by atoms with Gasteiger partial charge < -0.3 is 0 Å². The minimum Gasteiger partial charge on any atom is -0.271 e. The van der Waals surface area contributed by atoms with Crippen LogP contribution in [0.4, 0.5) is 8.78 Å². The third kappa shape index (κ3) is 4.68. The zero-order valence-electron chi connectivity index (χ0n) is 11.2. The van der Waals surface area contributed by atoms with Crippen LogP contribution in [0.25, 0.3) is 0 Å². The van der Waals surface area contributed by atoms with Crippen molar-refractivity contribution in [2.24, 2.45) is 5.84 Å². The molecule has 6 heteroatoms. The van der Waals surface area contributed by atoms with E-state index in [1.165, 1.54) is 30.0 Å². The first-order valence-electron chi connectivity index (χ1n) is 6.37. The SMILES string of the molecule is NNC(CSc1ccccc1F)Cc1ccc(F)cc1Cl. The van der Waals surface area contributed by atoms with Gasteiger partial charge in [-0.25, -0.2) is 8.78 Å². The standard InChI is InChI=1S/C15H15ClF2N2S/c16-13-8-11(17)6-5-10(13)7-12(20-19)9-21-15-4-2-1-3-14(15)18/h1-6,8,12,20H,7,9,19H2. The molecule has 0 aromatic heterocycles. The molecule has 112 valence electrons. The van der Waals surface area contributed by atoms with Crippen molar-refractivity contribution in [3.05, 3.63) is 64.7 Å². The quantitative estimate of drug-likeness (QED) is 0.481. The number of hydrogen-bond acceptors (Lipinski definition) is 3. The van der Waals surface area contributed by atoms with Gasteiger partial charge in [-0.1, -0.05) is 29.8 Å². The number of halogens is 3. The fraction of sp³-hybridized carbons (Fsp3) is 0.200. The fourth-order valence-electron chi connectivity index (χ4n) is 1.87. The average molecular weight is 329 g/mol. The van der Waals surface area contributed by atoms with E-state index < -0.39 is 0 Å². The van der Waals surface area contributed by atoms with E-state index in [0.717, 1.165) is 5.56 Å². The predicted octanol–water partition coefficient (Wildman–Crippen LogP) is 3.78. The van der Waals surface area contributed by atoms with Gasteiger partial charge in [-0.3, -0.25) is 11.3 Å². The van der Waals surface area contributed by atoms with Crippen LogP contribution in [0.5, 0.6) is 0 Å². The van der Waals surface area contributed by atoms with Gasteiger partial charge in [0, 0.05) is 21.7 Å². The Hall–Kier alpha value is -1.14. The molecule has 0 saturated heterocycles. The maximum atomic E-state index is 13.5. The van der Waals surface area contributed by atoms with Gasteiger partial charge in [0.05, 0.1) is 0 Å². The van der Waals surface area contributed by atoms with Crippen molar-refractivity contribution in [3.8, 4) is 0 Å². The third-order valence-corrected chi connectivity index (χ3v) is 4.56.